The maximum absolute atomic E-state index is 5.84. The van der Waals surface area contributed by atoms with Crippen molar-refractivity contribution in [3.8, 4) is 5.75 Å². The van der Waals surface area contributed by atoms with Crippen LogP contribution in [0, 0.1) is 5.92 Å². The summed E-state index contributed by atoms with van der Waals surface area (Å²) in [6.07, 6.45) is 2.24. The molecule has 1 heterocycles. The van der Waals surface area contributed by atoms with Gasteiger partial charge in [0.2, 0.25) is 0 Å². The van der Waals surface area contributed by atoms with E-state index in [1.165, 1.54) is 0 Å². The van der Waals surface area contributed by atoms with Crippen molar-refractivity contribution in [1.29, 1.82) is 0 Å². The molecule has 0 bridgehead atoms. The molecule has 1 fully saturated rings. The maximum Gasteiger partial charge on any atom is 0.143 e. The molecule has 0 spiro atoms. The molecule has 0 amide bonds. The van der Waals surface area contributed by atoms with Crippen LogP contribution in [0.4, 0.5) is 11.4 Å². The summed E-state index contributed by atoms with van der Waals surface area (Å²) >= 11 is 3.51. The molecule has 1 saturated heterocycles. The van der Waals surface area contributed by atoms with Crippen LogP contribution in [0.1, 0.15) is 12.8 Å². The summed E-state index contributed by atoms with van der Waals surface area (Å²) in [7, 11) is 1.63. The third kappa shape index (κ3) is 3.29. The van der Waals surface area contributed by atoms with E-state index in [4.69, 9.17) is 15.2 Å². The molecular formula is C13H19BrN2O2. The number of ether oxygens (including phenoxy) is 2. The first-order valence-electron chi connectivity index (χ1n) is 6.15. The van der Waals surface area contributed by atoms with Crippen LogP contribution < -0.4 is 15.8 Å². The summed E-state index contributed by atoms with van der Waals surface area (Å²) in [4.78, 5) is 0. The van der Waals surface area contributed by atoms with E-state index >= 15 is 0 Å². The average molecular weight is 315 g/mol. The topological polar surface area (TPSA) is 56.5 Å². The molecule has 0 saturated carbocycles. The Bertz CT molecular complexity index is 406. The van der Waals surface area contributed by atoms with Crippen LogP contribution in [-0.4, -0.2) is 26.9 Å². The summed E-state index contributed by atoms with van der Waals surface area (Å²) in [5.74, 6) is 1.38. The fourth-order valence-electron chi connectivity index (χ4n) is 2.09. The molecule has 0 aliphatic carbocycles. The Labute approximate surface area is 116 Å². The lowest BCUT2D eigenvalue weighted by molar-refractivity contribution is 0.0699. The molecule has 1 aliphatic heterocycles. The Hall–Kier alpha value is -0.940. The van der Waals surface area contributed by atoms with Crippen LogP contribution in [0.5, 0.6) is 5.75 Å². The van der Waals surface area contributed by atoms with Gasteiger partial charge in [-0.05, 0) is 40.8 Å². The highest BCUT2D eigenvalue weighted by molar-refractivity contribution is 9.10. The molecule has 5 heteroatoms. The molecule has 0 atom stereocenters. The van der Waals surface area contributed by atoms with Crippen molar-refractivity contribution in [1.82, 2.24) is 0 Å². The number of hydrogen-bond donors (Lipinski definition) is 2. The summed E-state index contributed by atoms with van der Waals surface area (Å²) in [6, 6.07) is 3.80. The molecule has 0 aromatic heterocycles. The molecule has 1 aromatic rings. The molecule has 100 valence electrons. The Balaban J connectivity index is 1.99. The predicted octanol–water partition coefficient (Wildman–Crippen LogP) is 2.88. The van der Waals surface area contributed by atoms with Crippen LogP contribution in [-0.2, 0) is 4.74 Å². The van der Waals surface area contributed by atoms with Crippen molar-refractivity contribution in [3.63, 3.8) is 0 Å². The van der Waals surface area contributed by atoms with Gasteiger partial charge in [-0.2, -0.15) is 0 Å². The Morgan fingerprint density at radius 1 is 1.44 bits per heavy atom. The van der Waals surface area contributed by atoms with Gasteiger partial charge < -0.3 is 20.5 Å². The molecule has 1 aliphatic rings. The number of hydrogen-bond acceptors (Lipinski definition) is 4. The zero-order chi connectivity index (χ0) is 13.0. The molecule has 18 heavy (non-hydrogen) atoms. The van der Waals surface area contributed by atoms with Crippen LogP contribution in [0.3, 0.4) is 0 Å². The zero-order valence-electron chi connectivity index (χ0n) is 10.5. The van der Waals surface area contributed by atoms with Crippen molar-refractivity contribution in [3.05, 3.63) is 16.6 Å². The van der Waals surface area contributed by atoms with Crippen LogP contribution in [0.2, 0.25) is 0 Å². The number of halogens is 1. The highest BCUT2D eigenvalue weighted by Crippen LogP contribution is 2.33. The van der Waals surface area contributed by atoms with Crippen molar-refractivity contribution < 1.29 is 9.47 Å². The first-order chi connectivity index (χ1) is 8.70. The molecule has 0 radical (unpaired) electrons. The second-order valence-electron chi connectivity index (χ2n) is 4.51. The number of methoxy groups -OCH3 is 1. The third-order valence-corrected chi connectivity index (χ3v) is 3.90. The van der Waals surface area contributed by atoms with E-state index in [-0.39, 0.29) is 0 Å². The molecule has 3 N–H and O–H groups in total. The van der Waals surface area contributed by atoms with E-state index < -0.39 is 0 Å². The predicted molar refractivity (Wildman–Crippen MR) is 77.1 cm³/mol. The Morgan fingerprint density at radius 3 is 2.83 bits per heavy atom. The van der Waals surface area contributed by atoms with Crippen molar-refractivity contribution >= 4 is 27.3 Å². The van der Waals surface area contributed by atoms with E-state index in [1.54, 1.807) is 7.11 Å². The van der Waals surface area contributed by atoms with Gasteiger partial charge in [0.1, 0.15) is 5.75 Å². The van der Waals surface area contributed by atoms with E-state index in [9.17, 15) is 0 Å². The van der Waals surface area contributed by atoms with Crippen LogP contribution in [0.25, 0.3) is 0 Å². The molecule has 2 rings (SSSR count). The second kappa shape index (κ2) is 6.29. The smallest absolute Gasteiger partial charge is 0.143 e. The number of benzene rings is 1. The zero-order valence-corrected chi connectivity index (χ0v) is 12.1. The number of nitrogen functional groups attached to an aromatic ring is 1. The Kier molecular flexibility index (Phi) is 4.72. The maximum atomic E-state index is 5.84. The van der Waals surface area contributed by atoms with Gasteiger partial charge in [-0.3, -0.25) is 0 Å². The molecular weight excluding hydrogens is 296 g/mol. The second-order valence-corrected chi connectivity index (χ2v) is 5.36. The van der Waals surface area contributed by atoms with E-state index in [0.29, 0.717) is 17.4 Å². The largest absolute Gasteiger partial charge is 0.495 e. The van der Waals surface area contributed by atoms with Crippen molar-refractivity contribution in [2.45, 2.75) is 12.8 Å². The van der Waals surface area contributed by atoms with Gasteiger partial charge in [-0.1, -0.05) is 0 Å². The number of anilines is 2. The van der Waals surface area contributed by atoms with Crippen LogP contribution in [0.15, 0.2) is 16.6 Å². The first-order valence-corrected chi connectivity index (χ1v) is 6.94. The molecule has 0 unspecified atom stereocenters. The number of rotatable bonds is 4. The van der Waals surface area contributed by atoms with Gasteiger partial charge in [-0.25, -0.2) is 0 Å². The molecule has 4 nitrogen and oxygen atoms in total. The monoisotopic (exact) mass is 314 g/mol. The summed E-state index contributed by atoms with van der Waals surface area (Å²) in [5.41, 5.74) is 7.50. The van der Waals surface area contributed by atoms with Gasteiger partial charge in [0.15, 0.2) is 0 Å². The SMILES string of the molecule is COc1cc(NCC2CCOCC2)c(Br)cc1N. The van der Waals surface area contributed by atoms with Crippen molar-refractivity contribution in [2.24, 2.45) is 5.92 Å². The van der Waals surface area contributed by atoms with E-state index in [2.05, 4.69) is 21.2 Å². The lowest BCUT2D eigenvalue weighted by Crippen LogP contribution is -2.22. The summed E-state index contributed by atoms with van der Waals surface area (Å²) < 4.78 is 11.5. The lowest BCUT2D eigenvalue weighted by Gasteiger charge is -2.23. The van der Waals surface area contributed by atoms with E-state index in [1.807, 2.05) is 12.1 Å². The van der Waals surface area contributed by atoms with Gasteiger partial charge in [0.05, 0.1) is 18.5 Å². The fraction of sp³-hybridized carbons (Fsp3) is 0.538. The highest BCUT2D eigenvalue weighted by atomic mass is 79.9. The fourth-order valence-corrected chi connectivity index (χ4v) is 2.59. The van der Waals surface area contributed by atoms with Crippen LogP contribution >= 0.6 is 15.9 Å². The minimum Gasteiger partial charge on any atom is -0.495 e. The van der Waals surface area contributed by atoms with Gasteiger partial charge in [0.25, 0.3) is 0 Å². The quantitative estimate of drug-likeness (QED) is 0.839. The highest BCUT2D eigenvalue weighted by Gasteiger charge is 2.14. The summed E-state index contributed by atoms with van der Waals surface area (Å²) in [5, 5.41) is 3.45. The summed E-state index contributed by atoms with van der Waals surface area (Å²) in [6.45, 7) is 2.70. The number of nitrogens with one attached hydrogen (secondary N) is 1. The third-order valence-electron chi connectivity index (χ3n) is 3.24. The van der Waals surface area contributed by atoms with Gasteiger partial charge in [-0.15, -0.1) is 0 Å². The standard InChI is InChI=1S/C13H19BrN2O2/c1-17-13-7-12(10(14)6-11(13)15)16-8-9-2-4-18-5-3-9/h6-7,9,16H,2-5,8,15H2,1H3. The first kappa shape index (κ1) is 13.5. The van der Waals surface area contributed by atoms with E-state index in [0.717, 1.165) is 42.8 Å². The average Bonchev–Trinajstić information content (AvgIpc) is 2.39. The van der Waals surface area contributed by atoms with Gasteiger partial charge in [0, 0.05) is 30.3 Å². The van der Waals surface area contributed by atoms with Crippen molar-refractivity contribution in [2.75, 3.05) is 37.9 Å². The minimum atomic E-state index is 0.640. The normalized spacial score (nSPS) is 16.6. The lowest BCUT2D eigenvalue weighted by atomic mass is 10.0. The molecule has 1 aromatic carbocycles. The number of nitrogens with two attached hydrogens (primary N) is 1. The Morgan fingerprint density at radius 2 is 2.17 bits per heavy atom. The minimum absolute atomic E-state index is 0.640. The van der Waals surface area contributed by atoms with Gasteiger partial charge >= 0.3 is 0 Å².